The van der Waals surface area contributed by atoms with Crippen LogP contribution in [0.25, 0.3) is 0 Å². The normalized spacial score (nSPS) is 19.9. The van der Waals surface area contributed by atoms with Crippen molar-refractivity contribution in [2.24, 2.45) is 22.2 Å². The topological polar surface area (TPSA) is 0 Å². The van der Waals surface area contributed by atoms with Crippen molar-refractivity contribution in [2.75, 3.05) is 0 Å². The van der Waals surface area contributed by atoms with Gasteiger partial charge in [0.15, 0.2) is 0 Å². The summed E-state index contributed by atoms with van der Waals surface area (Å²) in [5, 5.41) is 0. The summed E-state index contributed by atoms with van der Waals surface area (Å²) in [7, 11) is 0. The highest BCUT2D eigenvalue weighted by Gasteiger charge is 2.51. The molecule has 0 bridgehead atoms. The molecule has 0 fully saturated rings. The smallest absolute Gasteiger partial charge is 0.0221 e. The van der Waals surface area contributed by atoms with Crippen LogP contribution in [0.5, 0.6) is 0 Å². The van der Waals surface area contributed by atoms with E-state index in [9.17, 15) is 0 Å². The van der Waals surface area contributed by atoms with E-state index in [2.05, 4.69) is 62.3 Å². The predicted octanol–water partition coefficient (Wildman–Crippen LogP) is 7.86. The first-order chi connectivity index (χ1) is 9.64. The quantitative estimate of drug-likeness (QED) is 0.364. The van der Waals surface area contributed by atoms with E-state index in [4.69, 9.17) is 0 Å². The molecule has 0 aromatic carbocycles. The van der Waals surface area contributed by atoms with Crippen molar-refractivity contribution in [2.45, 2.75) is 114 Å². The van der Waals surface area contributed by atoms with Crippen molar-refractivity contribution in [1.29, 1.82) is 0 Å². The second-order valence-corrected chi connectivity index (χ2v) is 8.68. The van der Waals surface area contributed by atoms with Gasteiger partial charge in [0, 0.05) is 0 Å². The molecule has 0 aliphatic heterocycles. The van der Waals surface area contributed by atoms with Crippen molar-refractivity contribution in [1.82, 2.24) is 0 Å². The summed E-state index contributed by atoms with van der Waals surface area (Å²) < 4.78 is 0. The predicted molar refractivity (Wildman–Crippen MR) is 98.8 cm³/mol. The molecule has 128 valence electrons. The molecule has 0 saturated heterocycles. The van der Waals surface area contributed by atoms with E-state index in [0.29, 0.717) is 16.2 Å². The first kappa shape index (κ1) is 21.0. The van der Waals surface area contributed by atoms with Crippen LogP contribution in [0.1, 0.15) is 114 Å². The molecule has 0 aromatic heterocycles. The summed E-state index contributed by atoms with van der Waals surface area (Å²) in [6, 6.07) is 0. The van der Waals surface area contributed by atoms with Gasteiger partial charge in [0.2, 0.25) is 0 Å². The second-order valence-electron chi connectivity index (χ2n) is 8.68. The molecule has 0 amide bonds. The molecule has 0 spiro atoms. The summed E-state index contributed by atoms with van der Waals surface area (Å²) in [5.41, 5.74) is 1.33. The molecule has 3 unspecified atom stereocenters. The average molecular weight is 297 g/mol. The molecule has 0 heterocycles. The summed E-state index contributed by atoms with van der Waals surface area (Å²) in [6.45, 7) is 22.2. The summed E-state index contributed by atoms with van der Waals surface area (Å²) in [5.74, 6) is 0.865. The maximum atomic E-state index is 2.62. The zero-order valence-electron chi connectivity index (χ0n) is 16.7. The van der Waals surface area contributed by atoms with Gasteiger partial charge >= 0.3 is 0 Å². The lowest BCUT2D eigenvalue weighted by atomic mass is 9.48. The maximum absolute atomic E-state index is 2.62. The molecule has 0 radical (unpaired) electrons. The molecular weight excluding hydrogens is 252 g/mol. The molecule has 0 heteroatoms. The highest BCUT2D eigenvalue weighted by atomic mass is 14.6. The van der Waals surface area contributed by atoms with Crippen molar-refractivity contribution in [3.8, 4) is 0 Å². The lowest BCUT2D eigenvalue weighted by Gasteiger charge is -2.57. The van der Waals surface area contributed by atoms with Gasteiger partial charge in [-0.3, -0.25) is 0 Å². The lowest BCUT2D eigenvalue weighted by Crippen LogP contribution is -2.48. The number of hydrogen-bond donors (Lipinski definition) is 0. The van der Waals surface area contributed by atoms with E-state index in [0.717, 1.165) is 5.92 Å². The Hall–Kier alpha value is 0. The van der Waals surface area contributed by atoms with Crippen LogP contribution in [-0.2, 0) is 0 Å². The maximum Gasteiger partial charge on any atom is -0.0221 e. The molecule has 0 saturated carbocycles. The van der Waals surface area contributed by atoms with Crippen LogP contribution in [0.15, 0.2) is 0 Å². The van der Waals surface area contributed by atoms with Gasteiger partial charge in [0.1, 0.15) is 0 Å². The first-order valence-corrected chi connectivity index (χ1v) is 9.64. The Labute approximate surface area is 136 Å². The minimum Gasteiger partial charge on any atom is -0.0654 e. The molecular formula is C21H44. The zero-order chi connectivity index (χ0) is 16.7. The Bertz CT molecular complexity index is 278. The van der Waals surface area contributed by atoms with E-state index in [1.807, 2.05) is 0 Å². The fraction of sp³-hybridized carbons (Fsp3) is 1.00. The van der Waals surface area contributed by atoms with Gasteiger partial charge in [-0.1, -0.05) is 94.4 Å². The van der Waals surface area contributed by atoms with E-state index in [-0.39, 0.29) is 0 Å². The molecule has 21 heavy (non-hydrogen) atoms. The van der Waals surface area contributed by atoms with Crippen molar-refractivity contribution in [3.63, 3.8) is 0 Å². The molecule has 0 aliphatic carbocycles. The highest BCUT2D eigenvalue weighted by molar-refractivity contribution is 5.00. The fourth-order valence-electron chi connectivity index (χ4n) is 4.49. The Morgan fingerprint density at radius 2 is 1.29 bits per heavy atom. The van der Waals surface area contributed by atoms with Crippen LogP contribution in [0.3, 0.4) is 0 Å². The largest absolute Gasteiger partial charge is 0.0654 e. The van der Waals surface area contributed by atoms with Crippen LogP contribution in [0, 0.1) is 22.2 Å². The van der Waals surface area contributed by atoms with E-state index in [1.165, 1.54) is 51.4 Å². The highest BCUT2D eigenvalue weighted by Crippen LogP contribution is 2.60. The molecule has 0 nitrogen and oxygen atoms in total. The Kier molecular flexibility index (Phi) is 8.59. The van der Waals surface area contributed by atoms with E-state index in [1.54, 1.807) is 0 Å². The number of rotatable bonds is 11. The average Bonchev–Trinajstić information content (AvgIpc) is 2.43. The molecule has 0 N–H and O–H groups in total. The Morgan fingerprint density at radius 1 is 0.762 bits per heavy atom. The van der Waals surface area contributed by atoms with Gasteiger partial charge in [-0.25, -0.2) is 0 Å². The van der Waals surface area contributed by atoms with Crippen LogP contribution in [-0.4, -0.2) is 0 Å². The van der Waals surface area contributed by atoms with Crippen LogP contribution >= 0.6 is 0 Å². The van der Waals surface area contributed by atoms with E-state index >= 15 is 0 Å². The van der Waals surface area contributed by atoms with Gasteiger partial charge in [-0.15, -0.1) is 0 Å². The van der Waals surface area contributed by atoms with Crippen LogP contribution in [0.4, 0.5) is 0 Å². The third-order valence-corrected chi connectivity index (χ3v) is 7.12. The van der Waals surface area contributed by atoms with Crippen molar-refractivity contribution in [3.05, 3.63) is 0 Å². The van der Waals surface area contributed by atoms with Gasteiger partial charge in [0.25, 0.3) is 0 Å². The van der Waals surface area contributed by atoms with Gasteiger partial charge in [0.05, 0.1) is 0 Å². The Morgan fingerprint density at radius 3 is 1.67 bits per heavy atom. The molecule has 0 aromatic rings. The van der Waals surface area contributed by atoms with E-state index < -0.39 is 0 Å². The third-order valence-electron chi connectivity index (χ3n) is 7.12. The molecule has 0 rings (SSSR count). The number of hydrogen-bond acceptors (Lipinski definition) is 0. The van der Waals surface area contributed by atoms with Crippen molar-refractivity contribution < 1.29 is 0 Å². The molecule has 0 aliphatic rings. The van der Waals surface area contributed by atoms with Gasteiger partial charge < -0.3 is 0 Å². The van der Waals surface area contributed by atoms with Crippen LogP contribution in [0.2, 0.25) is 0 Å². The third kappa shape index (κ3) is 4.73. The van der Waals surface area contributed by atoms with Crippen molar-refractivity contribution >= 4 is 0 Å². The van der Waals surface area contributed by atoms with Crippen LogP contribution < -0.4 is 0 Å². The second kappa shape index (κ2) is 8.59. The van der Waals surface area contributed by atoms with Gasteiger partial charge in [-0.2, -0.15) is 0 Å². The fourth-order valence-corrected chi connectivity index (χ4v) is 4.49. The monoisotopic (exact) mass is 296 g/mol. The standard InChI is InChI=1S/C21H44/c1-10-15-19(6,7)21(9,17-14-18(5)12-3)20(8,13-4)16-11-2/h18H,10-17H2,1-9H3. The first-order valence-electron chi connectivity index (χ1n) is 9.64. The summed E-state index contributed by atoms with van der Waals surface area (Å²) >= 11 is 0. The van der Waals surface area contributed by atoms with Gasteiger partial charge in [-0.05, 0) is 41.4 Å². The summed E-state index contributed by atoms with van der Waals surface area (Å²) in [4.78, 5) is 0. The molecule has 3 atom stereocenters. The zero-order valence-corrected chi connectivity index (χ0v) is 16.7. The minimum atomic E-state index is 0.426. The lowest BCUT2D eigenvalue weighted by molar-refractivity contribution is -0.0719. The SMILES string of the molecule is CCCC(C)(C)C(C)(CCC(C)CC)C(C)(CC)CCC. The summed E-state index contributed by atoms with van der Waals surface area (Å²) in [6.07, 6.45) is 10.7. The Balaban J connectivity index is 5.52. The minimum absolute atomic E-state index is 0.426.